The molecule has 0 aliphatic heterocycles. The summed E-state index contributed by atoms with van der Waals surface area (Å²) in [7, 11) is 3.83. The lowest BCUT2D eigenvalue weighted by molar-refractivity contribution is -0.696. The Morgan fingerprint density at radius 3 is 1.35 bits per heavy atom. The third-order valence-electron chi connectivity index (χ3n) is 3.81. The number of hydrogen-bond donors (Lipinski definition) is 0. The smallest absolute Gasteiger partial charge is 0.243 e. The lowest BCUT2D eigenvalue weighted by Crippen LogP contribution is -3.00. The van der Waals surface area contributed by atoms with Crippen LogP contribution in [0.1, 0.15) is 47.7 Å². The van der Waals surface area contributed by atoms with E-state index in [4.69, 9.17) is 2.74 Å². The number of nitrogens with zero attached hydrogens (tertiary/aromatic N) is 4. The van der Waals surface area contributed by atoms with Crippen LogP contribution >= 0.6 is 0 Å². The zero-order valence-corrected chi connectivity index (χ0v) is 17.4. The largest absolute Gasteiger partial charge is 1.00 e. The number of unbranched alkanes of at least 4 members (excludes halogenated alkanes) is 6. The zero-order chi connectivity index (χ0) is 16.7. The van der Waals surface area contributed by atoms with E-state index in [0.29, 0.717) is 12.6 Å². The molecule has 0 fully saturated rings. The Morgan fingerprint density at radius 2 is 1.04 bits per heavy atom. The van der Waals surface area contributed by atoms with Crippen LogP contribution in [0.2, 0.25) is 0 Å². The maximum Gasteiger partial charge on any atom is 0.243 e. The molecule has 23 heavy (non-hydrogen) atoms. The number of hydrogen-bond acceptors (Lipinski definition) is 0. The summed E-state index contributed by atoms with van der Waals surface area (Å²) in [5.41, 5.74) is 0. The fourth-order valence-electron chi connectivity index (χ4n) is 2.60. The Balaban J connectivity index is 0.00000288. The molecule has 0 N–H and O–H groups in total. The highest BCUT2D eigenvalue weighted by molar-refractivity contribution is 4.62. The fourth-order valence-corrected chi connectivity index (χ4v) is 2.60. The number of rotatable bonds is 10. The molecule has 2 heterocycles. The Hall–Kier alpha value is -0.620. The van der Waals surface area contributed by atoms with Crippen molar-refractivity contribution >= 4 is 0 Å². The minimum Gasteiger partial charge on any atom is -1.00 e. The van der Waals surface area contributed by atoms with Crippen LogP contribution in [0.4, 0.5) is 0 Å². The van der Waals surface area contributed by atoms with Gasteiger partial charge in [-0.25, -0.2) is 18.3 Å². The molecule has 132 valence electrons. The third kappa shape index (κ3) is 9.30. The van der Waals surface area contributed by atoms with E-state index >= 15 is 0 Å². The van der Waals surface area contributed by atoms with Crippen molar-refractivity contribution in [2.75, 3.05) is 0 Å². The molecule has 0 saturated carbocycles. The normalized spacial score (nSPS) is 11.4. The van der Waals surface area contributed by atoms with Gasteiger partial charge in [0.25, 0.3) is 0 Å². The second-order valence-electron chi connectivity index (χ2n) is 5.88. The maximum atomic E-state index is 7.86. The van der Waals surface area contributed by atoms with E-state index in [-0.39, 0.29) is 34.0 Å². The van der Waals surface area contributed by atoms with Gasteiger partial charge in [0.15, 0.2) is 2.74 Å². The quantitative estimate of drug-likeness (QED) is 0.262. The highest BCUT2D eigenvalue weighted by Crippen LogP contribution is 2.07. The van der Waals surface area contributed by atoms with Crippen LogP contribution in [0.25, 0.3) is 0 Å². The summed E-state index contributed by atoms with van der Waals surface area (Å²) < 4.78 is 23.4. The predicted molar refractivity (Wildman–Crippen MR) is 83.5 cm³/mol. The van der Waals surface area contributed by atoms with Crippen LogP contribution in [0, 0.1) is 0 Å². The van der Waals surface area contributed by atoms with Gasteiger partial charge in [-0.2, -0.15) is 0 Å². The summed E-state index contributed by atoms with van der Waals surface area (Å²) in [5, 5.41) is 0. The number of halogens is 2. The first-order chi connectivity index (χ1) is 11.1. The summed E-state index contributed by atoms with van der Waals surface area (Å²) in [5.74, 6) is 0. The number of aryl methyl sites for hydroxylation is 4. The minimum atomic E-state index is 0. The standard InChI is InChI=1S/C17H30N4.2BrH/c1-18-12-14-20(16-18)10-8-6-4-3-5-7-9-11-21-15-13-19(2)17-21;;/h12-17H,3-11H2,1-2H3;2*1H/q+2;;/p-2/i16D,17D;;. The van der Waals surface area contributed by atoms with E-state index in [1.165, 1.54) is 32.1 Å². The van der Waals surface area contributed by atoms with E-state index in [9.17, 15) is 0 Å². The van der Waals surface area contributed by atoms with Gasteiger partial charge in [0.1, 0.15) is 24.8 Å². The molecule has 4 nitrogen and oxygen atoms in total. The minimum absolute atomic E-state index is 0. The molecular weight excluding hydrogens is 420 g/mol. The van der Waals surface area contributed by atoms with Gasteiger partial charge in [0.2, 0.25) is 12.6 Å². The molecule has 0 unspecified atom stereocenters. The predicted octanol–water partition coefficient (Wildman–Crippen LogP) is -3.62. The van der Waals surface area contributed by atoms with Crippen LogP contribution in [-0.2, 0) is 27.2 Å². The van der Waals surface area contributed by atoms with Crippen LogP contribution in [0.15, 0.2) is 37.4 Å². The first-order valence-electron chi connectivity index (χ1n) is 9.12. The van der Waals surface area contributed by atoms with Gasteiger partial charge in [0.05, 0.1) is 27.2 Å². The summed E-state index contributed by atoms with van der Waals surface area (Å²) in [6, 6.07) is 0. The first-order valence-corrected chi connectivity index (χ1v) is 8.12. The lowest BCUT2D eigenvalue weighted by Gasteiger charge is -2.01. The molecule has 0 spiro atoms. The molecule has 0 amide bonds. The van der Waals surface area contributed by atoms with Crippen LogP contribution in [0.3, 0.4) is 0 Å². The van der Waals surface area contributed by atoms with Crippen LogP contribution in [0.5, 0.6) is 0 Å². The Kier molecular flexibility index (Phi) is 10.4. The number of imidazole rings is 2. The van der Waals surface area contributed by atoms with Gasteiger partial charge >= 0.3 is 0 Å². The monoisotopic (exact) mass is 450 g/mol. The molecule has 0 aliphatic carbocycles. The third-order valence-corrected chi connectivity index (χ3v) is 3.81. The van der Waals surface area contributed by atoms with E-state index in [1.807, 2.05) is 57.2 Å². The molecule has 0 atom stereocenters. The number of aromatic nitrogens is 4. The van der Waals surface area contributed by atoms with Crippen molar-refractivity contribution in [1.82, 2.24) is 9.13 Å². The molecule has 0 bridgehead atoms. The van der Waals surface area contributed by atoms with Crippen molar-refractivity contribution in [1.29, 1.82) is 0 Å². The van der Waals surface area contributed by atoms with Crippen LogP contribution in [-0.4, -0.2) is 9.13 Å². The lowest BCUT2D eigenvalue weighted by atomic mass is 10.1. The second kappa shape index (κ2) is 12.8. The first kappa shape index (κ1) is 18.7. The van der Waals surface area contributed by atoms with Crippen molar-refractivity contribution in [3.63, 3.8) is 0 Å². The van der Waals surface area contributed by atoms with Gasteiger partial charge in [0, 0.05) is 0 Å². The highest BCUT2D eigenvalue weighted by Gasteiger charge is 2.00. The van der Waals surface area contributed by atoms with Gasteiger partial charge in [-0.3, -0.25) is 0 Å². The van der Waals surface area contributed by atoms with Gasteiger partial charge in [-0.15, -0.1) is 0 Å². The zero-order valence-electron chi connectivity index (χ0n) is 16.2. The molecule has 0 radical (unpaired) electrons. The highest BCUT2D eigenvalue weighted by atomic mass is 79.9. The molecule has 2 aromatic heterocycles. The van der Waals surface area contributed by atoms with Gasteiger partial charge in [-0.05, 0) is 25.7 Å². The van der Waals surface area contributed by atoms with E-state index in [1.54, 1.807) is 0 Å². The summed E-state index contributed by atoms with van der Waals surface area (Å²) in [6.45, 7) is 1.91. The van der Waals surface area contributed by atoms with Gasteiger partial charge < -0.3 is 34.0 Å². The average molecular weight is 452 g/mol. The van der Waals surface area contributed by atoms with Crippen molar-refractivity contribution in [3.8, 4) is 0 Å². The van der Waals surface area contributed by atoms with Gasteiger partial charge in [-0.1, -0.05) is 19.3 Å². The Morgan fingerprint density at radius 1 is 0.696 bits per heavy atom. The molecule has 0 aliphatic rings. The average Bonchev–Trinajstić information content (AvgIpc) is 3.03. The maximum absolute atomic E-state index is 7.86. The van der Waals surface area contributed by atoms with E-state index in [0.717, 1.165) is 25.9 Å². The summed E-state index contributed by atoms with van der Waals surface area (Å²) in [6.07, 6.45) is 17.7. The van der Waals surface area contributed by atoms with Crippen LogP contribution < -0.4 is 43.1 Å². The summed E-state index contributed by atoms with van der Waals surface area (Å²) >= 11 is 0. The molecule has 2 aromatic rings. The molecule has 6 heteroatoms. The molecule has 0 aromatic carbocycles. The Labute approximate surface area is 164 Å². The SMILES string of the molecule is [2H]c1n(C)cc[n+]1CCCCCCCCC[n+]1ccn(C)c1[2H].[Br-].[Br-]. The second-order valence-corrected chi connectivity index (χ2v) is 5.88. The topological polar surface area (TPSA) is 17.6 Å². The van der Waals surface area contributed by atoms with Crippen molar-refractivity contribution in [3.05, 3.63) is 37.4 Å². The molecular formula is C17H30Br2N4. The molecule has 0 saturated heterocycles. The van der Waals surface area contributed by atoms with E-state index in [2.05, 4.69) is 0 Å². The fraction of sp³-hybridized carbons (Fsp3) is 0.647. The Bertz CT molecular complexity index is 562. The van der Waals surface area contributed by atoms with E-state index < -0.39 is 0 Å². The van der Waals surface area contributed by atoms with Crippen molar-refractivity contribution < 1.29 is 45.8 Å². The van der Waals surface area contributed by atoms with Crippen molar-refractivity contribution in [2.45, 2.75) is 58.0 Å². The summed E-state index contributed by atoms with van der Waals surface area (Å²) in [4.78, 5) is 0. The van der Waals surface area contributed by atoms with Crippen molar-refractivity contribution in [2.24, 2.45) is 14.1 Å². The molecule has 2 rings (SSSR count).